The van der Waals surface area contributed by atoms with Crippen molar-refractivity contribution in [2.24, 2.45) is 4.99 Å². The summed E-state index contributed by atoms with van der Waals surface area (Å²) in [7, 11) is 1.35. The number of carbonyl (C=O) groups is 1. The van der Waals surface area contributed by atoms with Gasteiger partial charge in [-0.25, -0.2) is 9.78 Å². The lowest BCUT2D eigenvalue weighted by Gasteiger charge is -2.12. The van der Waals surface area contributed by atoms with Crippen molar-refractivity contribution in [1.82, 2.24) is 4.98 Å². The molecule has 0 atom stereocenters. The molecule has 0 bridgehead atoms. The van der Waals surface area contributed by atoms with Gasteiger partial charge in [0, 0.05) is 17.5 Å². The Balaban J connectivity index is 1.94. The van der Waals surface area contributed by atoms with E-state index in [-0.39, 0.29) is 0 Å². The number of carbonyl (C=O) groups excluding carboxylic acids is 1. The Bertz CT molecular complexity index is 790. The summed E-state index contributed by atoms with van der Waals surface area (Å²) in [6.45, 7) is 0.375. The fraction of sp³-hybridized carbons (Fsp3) is 0.278. The fourth-order valence-corrected chi connectivity index (χ4v) is 2.68. The van der Waals surface area contributed by atoms with Crippen molar-refractivity contribution in [3.05, 3.63) is 52.3 Å². The minimum Gasteiger partial charge on any atom is -0.487 e. The highest BCUT2D eigenvalue weighted by Gasteiger charge is 2.13. The van der Waals surface area contributed by atoms with Crippen molar-refractivity contribution >= 4 is 29.5 Å². The van der Waals surface area contributed by atoms with Gasteiger partial charge in [0.25, 0.3) is 0 Å². The van der Waals surface area contributed by atoms with Gasteiger partial charge in [-0.1, -0.05) is 17.7 Å². The molecule has 0 saturated heterocycles. The average Bonchev–Trinajstić information content (AvgIpc) is 2.63. The van der Waals surface area contributed by atoms with E-state index in [0.717, 1.165) is 30.5 Å². The van der Waals surface area contributed by atoms with Crippen LogP contribution in [0.1, 0.15) is 34.5 Å². The van der Waals surface area contributed by atoms with Crippen LogP contribution in [-0.2, 0) is 17.8 Å². The number of benzene rings is 1. The van der Waals surface area contributed by atoms with Crippen LogP contribution < -0.4 is 4.74 Å². The van der Waals surface area contributed by atoms with E-state index in [9.17, 15) is 4.79 Å². The molecule has 1 aromatic heterocycles. The Kier molecular flexibility index (Phi) is 5.11. The molecule has 2 aromatic rings. The summed E-state index contributed by atoms with van der Waals surface area (Å²) < 4.78 is 10.7. The number of nitrogens with zero attached hydrogens (tertiary/aromatic N) is 2. The Labute approximate surface area is 145 Å². The Morgan fingerprint density at radius 1 is 1.29 bits per heavy atom. The van der Waals surface area contributed by atoms with Crippen LogP contribution >= 0.6 is 11.6 Å². The van der Waals surface area contributed by atoms with Crippen molar-refractivity contribution in [1.29, 1.82) is 0 Å². The monoisotopic (exact) mass is 344 g/mol. The molecule has 0 spiro atoms. The second kappa shape index (κ2) is 7.45. The number of hydrogen-bond acceptors (Lipinski definition) is 5. The van der Waals surface area contributed by atoms with E-state index in [2.05, 4.69) is 9.98 Å². The van der Waals surface area contributed by atoms with Gasteiger partial charge >= 0.3 is 5.97 Å². The maximum atomic E-state index is 11.7. The van der Waals surface area contributed by atoms with Gasteiger partial charge < -0.3 is 9.47 Å². The molecule has 0 radical (unpaired) electrons. The second-order valence-corrected chi connectivity index (χ2v) is 5.79. The van der Waals surface area contributed by atoms with Crippen molar-refractivity contribution < 1.29 is 14.3 Å². The van der Waals surface area contributed by atoms with Crippen LogP contribution in [-0.4, -0.2) is 24.3 Å². The number of esters is 1. The largest absolute Gasteiger partial charge is 0.487 e. The number of halogens is 1. The first-order valence-corrected chi connectivity index (χ1v) is 8.07. The number of methoxy groups -OCH3 is 1. The maximum absolute atomic E-state index is 11.7. The number of rotatable bonds is 1. The minimum absolute atomic E-state index is 0.375. The first-order chi connectivity index (χ1) is 11.7. The molecule has 24 heavy (non-hydrogen) atoms. The van der Waals surface area contributed by atoms with E-state index in [1.54, 1.807) is 24.3 Å². The standard InChI is InChI=1S/C18H17ClN2O3/c1-23-18(22)12-5-7-16-15(10-12)20-9-3-2-4-14-13(11-24-16)6-8-17(19)21-14/h5-10H,2-4,11H2,1H3/b20-9-. The van der Waals surface area contributed by atoms with Crippen LogP contribution in [0.2, 0.25) is 5.15 Å². The summed E-state index contributed by atoms with van der Waals surface area (Å²) in [5.41, 5.74) is 3.01. The lowest BCUT2D eigenvalue weighted by Crippen LogP contribution is -2.04. The molecular weight excluding hydrogens is 328 g/mol. The zero-order chi connectivity index (χ0) is 16.9. The SMILES string of the molecule is COC(=O)c1ccc2c(c1)/N=C\CCCc1nc(Cl)ccc1CO2. The minimum atomic E-state index is -0.397. The molecule has 3 rings (SSSR count). The third kappa shape index (κ3) is 3.74. The van der Waals surface area contributed by atoms with Crippen molar-refractivity contribution in [2.45, 2.75) is 25.9 Å². The quantitative estimate of drug-likeness (QED) is 0.576. The lowest BCUT2D eigenvalue weighted by molar-refractivity contribution is 0.0600. The molecule has 124 valence electrons. The van der Waals surface area contributed by atoms with E-state index in [1.165, 1.54) is 7.11 Å². The zero-order valence-electron chi connectivity index (χ0n) is 13.3. The number of aliphatic imine (C=N–C) groups is 1. The van der Waals surface area contributed by atoms with E-state index < -0.39 is 5.97 Å². The zero-order valence-corrected chi connectivity index (χ0v) is 14.0. The molecule has 0 saturated carbocycles. The number of aryl methyl sites for hydroxylation is 1. The molecule has 5 nitrogen and oxygen atoms in total. The fourth-order valence-electron chi connectivity index (χ4n) is 2.52. The first kappa shape index (κ1) is 16.5. The first-order valence-electron chi connectivity index (χ1n) is 7.69. The molecule has 1 aromatic carbocycles. The van der Waals surface area contributed by atoms with Gasteiger partial charge in [0.05, 0.1) is 12.7 Å². The van der Waals surface area contributed by atoms with Crippen LogP contribution in [0.15, 0.2) is 35.3 Å². The highest BCUT2D eigenvalue weighted by Crippen LogP contribution is 2.30. The molecule has 0 N–H and O–H groups in total. The van der Waals surface area contributed by atoms with Crippen molar-refractivity contribution in [3.63, 3.8) is 0 Å². The maximum Gasteiger partial charge on any atom is 0.337 e. The summed E-state index contributed by atoms with van der Waals surface area (Å²) in [5, 5.41) is 0.486. The summed E-state index contributed by atoms with van der Waals surface area (Å²) in [6.07, 6.45) is 4.36. The molecular formula is C18H17ClN2O3. The molecule has 1 aliphatic rings. The second-order valence-electron chi connectivity index (χ2n) is 5.41. The molecule has 0 amide bonds. The Morgan fingerprint density at radius 2 is 2.17 bits per heavy atom. The highest BCUT2D eigenvalue weighted by molar-refractivity contribution is 6.29. The van der Waals surface area contributed by atoms with Crippen LogP contribution in [0, 0.1) is 0 Å². The third-order valence-electron chi connectivity index (χ3n) is 3.77. The topological polar surface area (TPSA) is 60.8 Å². The molecule has 1 aliphatic heterocycles. The lowest BCUT2D eigenvalue weighted by atomic mass is 10.1. The summed E-state index contributed by atoms with van der Waals surface area (Å²) in [6, 6.07) is 8.78. The summed E-state index contributed by atoms with van der Waals surface area (Å²) >= 11 is 6.00. The average molecular weight is 345 g/mol. The number of pyridine rings is 1. The third-order valence-corrected chi connectivity index (χ3v) is 3.99. The number of hydrogen-bond donors (Lipinski definition) is 0. The number of ether oxygens (including phenoxy) is 2. The van der Waals surface area contributed by atoms with Gasteiger partial charge in [0.2, 0.25) is 0 Å². The van der Waals surface area contributed by atoms with Gasteiger partial charge in [-0.05, 0) is 43.5 Å². The summed E-state index contributed by atoms with van der Waals surface area (Å²) in [4.78, 5) is 20.5. The van der Waals surface area contributed by atoms with Gasteiger partial charge in [-0.15, -0.1) is 0 Å². The van der Waals surface area contributed by atoms with E-state index in [1.807, 2.05) is 12.3 Å². The van der Waals surface area contributed by atoms with Gasteiger partial charge in [-0.2, -0.15) is 0 Å². The van der Waals surface area contributed by atoms with Crippen LogP contribution in [0.5, 0.6) is 5.75 Å². The van der Waals surface area contributed by atoms with Crippen LogP contribution in [0.3, 0.4) is 0 Å². The molecule has 0 unspecified atom stereocenters. The number of aromatic nitrogens is 1. The predicted octanol–water partition coefficient (Wildman–Crippen LogP) is 4.14. The van der Waals surface area contributed by atoms with Gasteiger partial charge in [-0.3, -0.25) is 4.99 Å². The Morgan fingerprint density at radius 3 is 3.00 bits per heavy atom. The van der Waals surface area contributed by atoms with E-state index in [4.69, 9.17) is 21.1 Å². The smallest absolute Gasteiger partial charge is 0.337 e. The van der Waals surface area contributed by atoms with Crippen LogP contribution in [0.25, 0.3) is 0 Å². The van der Waals surface area contributed by atoms with Crippen molar-refractivity contribution in [2.75, 3.05) is 7.11 Å². The molecule has 0 aliphatic carbocycles. The highest BCUT2D eigenvalue weighted by atomic mass is 35.5. The van der Waals surface area contributed by atoms with E-state index in [0.29, 0.717) is 28.8 Å². The summed E-state index contributed by atoms with van der Waals surface area (Å²) in [5.74, 6) is 0.216. The van der Waals surface area contributed by atoms with Gasteiger partial charge in [0.1, 0.15) is 23.2 Å². The predicted molar refractivity (Wildman–Crippen MR) is 92.5 cm³/mol. The number of fused-ring (bicyclic) bond motifs is 2. The molecule has 6 heteroatoms. The normalized spacial score (nSPS) is 15.2. The van der Waals surface area contributed by atoms with Crippen LogP contribution in [0.4, 0.5) is 5.69 Å². The Hall–Kier alpha value is -2.40. The molecule has 2 heterocycles. The van der Waals surface area contributed by atoms with Crippen molar-refractivity contribution in [3.8, 4) is 5.75 Å². The molecule has 0 fully saturated rings. The van der Waals surface area contributed by atoms with Gasteiger partial charge in [0.15, 0.2) is 0 Å². The van der Waals surface area contributed by atoms with E-state index >= 15 is 0 Å².